The van der Waals surface area contributed by atoms with Crippen molar-refractivity contribution in [1.82, 2.24) is 9.38 Å². The smallest absolute Gasteiger partial charge is 0.178 e. The number of imidazole rings is 1. The van der Waals surface area contributed by atoms with E-state index in [0.717, 1.165) is 12.1 Å². The maximum atomic E-state index is 11.2. The lowest BCUT2D eigenvalue weighted by atomic mass is 10.2. The van der Waals surface area contributed by atoms with Crippen LogP contribution in [0.3, 0.4) is 0 Å². The summed E-state index contributed by atoms with van der Waals surface area (Å²) in [5, 5.41) is 0. The van der Waals surface area contributed by atoms with Gasteiger partial charge in [0.05, 0.1) is 6.20 Å². The van der Waals surface area contributed by atoms with Gasteiger partial charge in [0.1, 0.15) is 11.3 Å². The fourth-order valence-corrected chi connectivity index (χ4v) is 1.50. The van der Waals surface area contributed by atoms with Gasteiger partial charge >= 0.3 is 0 Å². The molecule has 2 aromatic rings. The molecule has 0 aliphatic heterocycles. The van der Waals surface area contributed by atoms with E-state index in [1.807, 2.05) is 22.7 Å². The fraction of sp³-hybridized carbons (Fsp3) is 0.273. The largest absolute Gasteiger partial charge is 0.297 e. The molecule has 2 heterocycles. The van der Waals surface area contributed by atoms with Crippen LogP contribution in [0, 0.1) is 0 Å². The summed E-state index contributed by atoms with van der Waals surface area (Å²) in [6, 6.07) is 4.02. The highest BCUT2D eigenvalue weighted by atomic mass is 16.1. The monoisotopic (exact) mass is 188 g/mol. The third-order valence-corrected chi connectivity index (χ3v) is 2.35. The van der Waals surface area contributed by atoms with E-state index in [4.69, 9.17) is 0 Å². The van der Waals surface area contributed by atoms with E-state index in [-0.39, 0.29) is 5.78 Å². The first-order valence-electron chi connectivity index (χ1n) is 4.69. The van der Waals surface area contributed by atoms with Crippen LogP contribution in [-0.4, -0.2) is 15.2 Å². The molecule has 0 fully saturated rings. The van der Waals surface area contributed by atoms with Gasteiger partial charge in [-0.15, -0.1) is 0 Å². The molecule has 0 amide bonds. The van der Waals surface area contributed by atoms with Gasteiger partial charge in [0, 0.05) is 13.1 Å². The molecule has 0 aliphatic rings. The first-order chi connectivity index (χ1) is 6.72. The molecule has 72 valence electrons. The van der Waals surface area contributed by atoms with Gasteiger partial charge in [-0.05, 0) is 24.1 Å². The van der Waals surface area contributed by atoms with Crippen LogP contribution in [0.5, 0.6) is 0 Å². The number of aromatic nitrogens is 2. The Labute approximate surface area is 82.4 Å². The predicted molar refractivity (Wildman–Crippen MR) is 54.6 cm³/mol. The van der Waals surface area contributed by atoms with E-state index < -0.39 is 0 Å². The minimum Gasteiger partial charge on any atom is -0.297 e. The van der Waals surface area contributed by atoms with Crippen LogP contribution in [-0.2, 0) is 6.42 Å². The molecule has 0 saturated carbocycles. The normalized spacial score (nSPS) is 10.7. The molecule has 3 heteroatoms. The third-order valence-electron chi connectivity index (χ3n) is 2.35. The second-order valence-electron chi connectivity index (χ2n) is 3.32. The number of ketones is 1. The average molecular weight is 188 g/mol. The van der Waals surface area contributed by atoms with Gasteiger partial charge in [0.15, 0.2) is 5.78 Å². The predicted octanol–water partition coefficient (Wildman–Crippen LogP) is 2.10. The molecule has 0 aliphatic carbocycles. The summed E-state index contributed by atoms with van der Waals surface area (Å²) >= 11 is 0. The summed E-state index contributed by atoms with van der Waals surface area (Å²) < 4.78 is 1.82. The number of rotatable bonds is 2. The Morgan fingerprint density at radius 3 is 3.00 bits per heavy atom. The zero-order valence-electron chi connectivity index (χ0n) is 8.32. The second kappa shape index (κ2) is 3.25. The molecule has 14 heavy (non-hydrogen) atoms. The van der Waals surface area contributed by atoms with Gasteiger partial charge in [0.2, 0.25) is 0 Å². The van der Waals surface area contributed by atoms with Gasteiger partial charge in [-0.2, -0.15) is 0 Å². The maximum Gasteiger partial charge on any atom is 0.178 e. The highest BCUT2D eigenvalue weighted by Gasteiger charge is 2.06. The van der Waals surface area contributed by atoms with Crippen molar-refractivity contribution >= 4 is 11.4 Å². The van der Waals surface area contributed by atoms with Crippen LogP contribution in [0.15, 0.2) is 24.5 Å². The third kappa shape index (κ3) is 1.31. The Hall–Kier alpha value is -1.64. The molecule has 0 N–H and O–H groups in total. The van der Waals surface area contributed by atoms with Crippen LogP contribution in [0.25, 0.3) is 5.65 Å². The summed E-state index contributed by atoms with van der Waals surface area (Å²) in [6.45, 7) is 3.65. The Balaban J connectivity index is 2.65. The zero-order valence-corrected chi connectivity index (χ0v) is 8.32. The van der Waals surface area contributed by atoms with E-state index >= 15 is 0 Å². The van der Waals surface area contributed by atoms with E-state index in [2.05, 4.69) is 11.9 Å². The number of carbonyl (C=O) groups is 1. The molecule has 0 unspecified atom stereocenters. The summed E-state index contributed by atoms with van der Waals surface area (Å²) in [4.78, 5) is 15.4. The van der Waals surface area contributed by atoms with Gasteiger partial charge in [-0.3, -0.25) is 9.20 Å². The average Bonchev–Trinajstić information content (AvgIpc) is 2.59. The van der Waals surface area contributed by atoms with Crippen molar-refractivity contribution in [3.05, 3.63) is 35.8 Å². The lowest BCUT2D eigenvalue weighted by molar-refractivity contribution is 0.101. The van der Waals surface area contributed by atoms with E-state index in [1.165, 1.54) is 5.56 Å². The quantitative estimate of drug-likeness (QED) is 0.676. The fourth-order valence-electron chi connectivity index (χ4n) is 1.50. The minimum atomic E-state index is 0.0433. The molecular formula is C11H12N2O. The molecule has 0 spiro atoms. The molecule has 0 radical (unpaired) electrons. The number of pyridine rings is 1. The highest BCUT2D eigenvalue weighted by Crippen LogP contribution is 2.10. The number of hydrogen-bond donors (Lipinski definition) is 0. The molecule has 3 nitrogen and oxygen atoms in total. The first-order valence-corrected chi connectivity index (χ1v) is 4.69. The summed E-state index contributed by atoms with van der Waals surface area (Å²) in [7, 11) is 0. The Bertz CT molecular complexity index is 485. The summed E-state index contributed by atoms with van der Waals surface area (Å²) in [5.74, 6) is 0.0433. The lowest BCUT2D eigenvalue weighted by Crippen LogP contribution is -1.98. The van der Waals surface area contributed by atoms with E-state index in [0.29, 0.717) is 5.69 Å². The molecular weight excluding hydrogens is 176 g/mol. The Morgan fingerprint density at radius 2 is 2.36 bits per heavy atom. The Kier molecular flexibility index (Phi) is 2.08. The van der Waals surface area contributed by atoms with Crippen molar-refractivity contribution in [1.29, 1.82) is 0 Å². The van der Waals surface area contributed by atoms with Crippen LogP contribution >= 0.6 is 0 Å². The standard InChI is InChI=1S/C11H12N2O/c1-3-9-4-5-13-10(8(2)14)7-12-11(13)6-9/h4-7H,3H2,1-2H3. The molecule has 0 atom stereocenters. The van der Waals surface area contributed by atoms with Gasteiger partial charge in [-0.25, -0.2) is 4.98 Å². The van der Waals surface area contributed by atoms with Crippen molar-refractivity contribution in [3.8, 4) is 0 Å². The van der Waals surface area contributed by atoms with E-state index in [9.17, 15) is 4.79 Å². The molecule has 0 saturated heterocycles. The minimum absolute atomic E-state index is 0.0433. The molecule has 2 aromatic heterocycles. The first kappa shape index (κ1) is 8.94. The SMILES string of the molecule is CCc1ccn2c(C(C)=O)cnc2c1. The Morgan fingerprint density at radius 1 is 1.57 bits per heavy atom. The van der Waals surface area contributed by atoms with Crippen LogP contribution in [0.4, 0.5) is 0 Å². The summed E-state index contributed by atoms with van der Waals surface area (Å²) in [5.41, 5.74) is 2.72. The molecule has 0 aromatic carbocycles. The van der Waals surface area contributed by atoms with E-state index in [1.54, 1.807) is 13.1 Å². The number of fused-ring (bicyclic) bond motifs is 1. The number of hydrogen-bond acceptors (Lipinski definition) is 2. The number of nitrogens with zero attached hydrogens (tertiary/aromatic N) is 2. The maximum absolute atomic E-state index is 11.2. The van der Waals surface area contributed by atoms with Gasteiger partial charge < -0.3 is 0 Å². The number of carbonyl (C=O) groups excluding carboxylic acids is 1. The summed E-state index contributed by atoms with van der Waals surface area (Å²) in [6.07, 6.45) is 4.51. The topological polar surface area (TPSA) is 34.4 Å². The van der Waals surface area contributed by atoms with Crippen molar-refractivity contribution in [2.75, 3.05) is 0 Å². The molecule has 2 rings (SSSR count). The van der Waals surface area contributed by atoms with Crippen LogP contribution < -0.4 is 0 Å². The second-order valence-corrected chi connectivity index (χ2v) is 3.32. The van der Waals surface area contributed by atoms with Crippen molar-refractivity contribution < 1.29 is 4.79 Å². The number of Topliss-reactive ketones (excluding diaryl/α,β-unsaturated/α-hetero) is 1. The highest BCUT2D eigenvalue weighted by molar-refractivity contribution is 5.93. The number of aryl methyl sites for hydroxylation is 1. The van der Waals surface area contributed by atoms with Gasteiger partial charge in [0.25, 0.3) is 0 Å². The van der Waals surface area contributed by atoms with Crippen molar-refractivity contribution in [2.45, 2.75) is 20.3 Å². The zero-order chi connectivity index (χ0) is 10.1. The van der Waals surface area contributed by atoms with Crippen molar-refractivity contribution in [2.24, 2.45) is 0 Å². The van der Waals surface area contributed by atoms with Crippen molar-refractivity contribution in [3.63, 3.8) is 0 Å². The van der Waals surface area contributed by atoms with Crippen LogP contribution in [0.2, 0.25) is 0 Å². The lowest BCUT2D eigenvalue weighted by Gasteiger charge is -1.99. The van der Waals surface area contributed by atoms with Crippen LogP contribution in [0.1, 0.15) is 29.9 Å². The van der Waals surface area contributed by atoms with Gasteiger partial charge in [-0.1, -0.05) is 6.92 Å². The molecule has 0 bridgehead atoms.